The Morgan fingerprint density at radius 1 is 1.46 bits per heavy atom. The van der Waals surface area contributed by atoms with Crippen LogP contribution in [0.5, 0.6) is 0 Å². The van der Waals surface area contributed by atoms with Crippen molar-refractivity contribution in [3.05, 3.63) is 0 Å². The maximum absolute atomic E-state index is 9.01. The molecule has 13 heavy (non-hydrogen) atoms. The van der Waals surface area contributed by atoms with Gasteiger partial charge in [-0.1, -0.05) is 20.8 Å². The molecular formula is C10H23NO2. The molecule has 0 saturated heterocycles. The fraction of sp³-hybridized carbons (Fsp3) is 1.00. The van der Waals surface area contributed by atoms with Gasteiger partial charge in [-0.3, -0.25) is 0 Å². The number of hydrogen-bond acceptors (Lipinski definition) is 3. The molecule has 3 nitrogen and oxygen atoms in total. The first kappa shape index (κ1) is 12.9. The van der Waals surface area contributed by atoms with E-state index in [0.29, 0.717) is 12.5 Å². The fourth-order valence-electron chi connectivity index (χ4n) is 1.68. The summed E-state index contributed by atoms with van der Waals surface area (Å²) in [5, 5.41) is 12.4. The summed E-state index contributed by atoms with van der Waals surface area (Å²) in [5.41, 5.74) is -0.0712. The van der Waals surface area contributed by atoms with E-state index in [2.05, 4.69) is 26.1 Å². The number of rotatable bonds is 7. The molecule has 1 atom stereocenters. The van der Waals surface area contributed by atoms with Crippen LogP contribution >= 0.6 is 0 Å². The molecule has 2 N–H and O–H groups in total. The van der Waals surface area contributed by atoms with E-state index in [4.69, 9.17) is 9.84 Å². The Morgan fingerprint density at radius 2 is 2.08 bits per heavy atom. The van der Waals surface area contributed by atoms with E-state index in [1.165, 1.54) is 0 Å². The monoisotopic (exact) mass is 189 g/mol. The van der Waals surface area contributed by atoms with Crippen molar-refractivity contribution >= 4 is 0 Å². The standard InChI is InChI=1S/C10H23NO2/c1-5-11-10(6-7-12,8-13-4)9(2)3/h9,11-12H,5-8H2,1-4H3. The van der Waals surface area contributed by atoms with Crippen molar-refractivity contribution in [3.8, 4) is 0 Å². The molecule has 3 heteroatoms. The van der Waals surface area contributed by atoms with Gasteiger partial charge in [-0.15, -0.1) is 0 Å². The van der Waals surface area contributed by atoms with Crippen LogP contribution in [-0.4, -0.2) is 37.5 Å². The zero-order valence-electron chi connectivity index (χ0n) is 9.26. The normalized spacial score (nSPS) is 16.2. The SMILES string of the molecule is CCNC(CCO)(COC)C(C)C. The molecule has 80 valence electrons. The Kier molecular flexibility index (Phi) is 6.29. The molecule has 0 saturated carbocycles. The van der Waals surface area contributed by atoms with Gasteiger partial charge in [-0.2, -0.15) is 0 Å². The first-order valence-electron chi connectivity index (χ1n) is 4.97. The van der Waals surface area contributed by atoms with Crippen LogP contribution in [0.2, 0.25) is 0 Å². The molecule has 0 spiro atoms. The minimum atomic E-state index is -0.0712. The minimum Gasteiger partial charge on any atom is -0.396 e. The molecule has 0 bridgehead atoms. The van der Waals surface area contributed by atoms with Crippen LogP contribution in [0.4, 0.5) is 0 Å². The van der Waals surface area contributed by atoms with Crippen LogP contribution in [0, 0.1) is 5.92 Å². The molecule has 0 aliphatic carbocycles. The predicted octanol–water partition coefficient (Wildman–Crippen LogP) is 1.02. The fourth-order valence-corrected chi connectivity index (χ4v) is 1.68. The van der Waals surface area contributed by atoms with Crippen LogP contribution in [0.25, 0.3) is 0 Å². The van der Waals surface area contributed by atoms with E-state index in [9.17, 15) is 0 Å². The number of methoxy groups -OCH3 is 1. The molecule has 0 amide bonds. The Bertz CT molecular complexity index is 109. The van der Waals surface area contributed by atoms with E-state index in [0.717, 1.165) is 13.0 Å². The van der Waals surface area contributed by atoms with Gasteiger partial charge in [0.25, 0.3) is 0 Å². The predicted molar refractivity (Wildman–Crippen MR) is 54.8 cm³/mol. The number of nitrogens with one attached hydrogen (secondary N) is 1. The molecule has 0 aliphatic heterocycles. The lowest BCUT2D eigenvalue weighted by atomic mass is 9.84. The van der Waals surface area contributed by atoms with Crippen LogP contribution in [-0.2, 0) is 4.74 Å². The van der Waals surface area contributed by atoms with E-state index in [-0.39, 0.29) is 12.1 Å². The molecular weight excluding hydrogens is 166 g/mol. The van der Waals surface area contributed by atoms with Crippen molar-refractivity contribution < 1.29 is 9.84 Å². The first-order valence-corrected chi connectivity index (χ1v) is 4.97. The maximum atomic E-state index is 9.01. The third-order valence-corrected chi connectivity index (χ3v) is 2.59. The second kappa shape index (κ2) is 6.35. The van der Waals surface area contributed by atoms with E-state index >= 15 is 0 Å². The Balaban J connectivity index is 4.38. The zero-order valence-corrected chi connectivity index (χ0v) is 9.26. The number of hydrogen-bond donors (Lipinski definition) is 2. The van der Waals surface area contributed by atoms with Crippen molar-refractivity contribution in [1.82, 2.24) is 5.32 Å². The largest absolute Gasteiger partial charge is 0.396 e. The lowest BCUT2D eigenvalue weighted by Gasteiger charge is -2.37. The van der Waals surface area contributed by atoms with Crippen LogP contribution < -0.4 is 5.32 Å². The van der Waals surface area contributed by atoms with Crippen LogP contribution in [0.15, 0.2) is 0 Å². The molecule has 0 aromatic carbocycles. The molecule has 0 heterocycles. The van der Waals surface area contributed by atoms with Crippen molar-refractivity contribution in [1.29, 1.82) is 0 Å². The number of likely N-dealkylation sites (N-methyl/N-ethyl adjacent to an activating group) is 1. The topological polar surface area (TPSA) is 41.5 Å². The molecule has 0 radical (unpaired) electrons. The second-order valence-corrected chi connectivity index (χ2v) is 3.75. The van der Waals surface area contributed by atoms with Gasteiger partial charge >= 0.3 is 0 Å². The summed E-state index contributed by atoms with van der Waals surface area (Å²) in [4.78, 5) is 0. The quantitative estimate of drug-likeness (QED) is 0.628. The molecule has 0 aliphatic rings. The van der Waals surface area contributed by atoms with Gasteiger partial charge in [0.1, 0.15) is 0 Å². The lowest BCUT2D eigenvalue weighted by molar-refractivity contribution is 0.0591. The smallest absolute Gasteiger partial charge is 0.0647 e. The summed E-state index contributed by atoms with van der Waals surface area (Å²) < 4.78 is 5.20. The number of ether oxygens (including phenoxy) is 1. The summed E-state index contributed by atoms with van der Waals surface area (Å²) in [6.07, 6.45) is 0.742. The average molecular weight is 189 g/mol. The molecule has 0 fully saturated rings. The highest BCUT2D eigenvalue weighted by Gasteiger charge is 2.31. The summed E-state index contributed by atoms with van der Waals surface area (Å²) in [5.74, 6) is 0.458. The highest BCUT2D eigenvalue weighted by atomic mass is 16.5. The van der Waals surface area contributed by atoms with Gasteiger partial charge in [-0.25, -0.2) is 0 Å². The molecule has 0 aromatic rings. The Morgan fingerprint density at radius 3 is 2.38 bits per heavy atom. The second-order valence-electron chi connectivity index (χ2n) is 3.75. The maximum Gasteiger partial charge on any atom is 0.0647 e. The van der Waals surface area contributed by atoms with Gasteiger partial charge < -0.3 is 15.2 Å². The van der Waals surface area contributed by atoms with Gasteiger partial charge in [0.2, 0.25) is 0 Å². The van der Waals surface area contributed by atoms with Crippen molar-refractivity contribution in [2.75, 3.05) is 26.9 Å². The average Bonchev–Trinajstić information content (AvgIpc) is 2.05. The van der Waals surface area contributed by atoms with Crippen LogP contribution in [0.1, 0.15) is 27.2 Å². The molecule has 0 aromatic heterocycles. The highest BCUT2D eigenvalue weighted by molar-refractivity contribution is 4.90. The van der Waals surface area contributed by atoms with Crippen LogP contribution in [0.3, 0.4) is 0 Å². The van der Waals surface area contributed by atoms with E-state index in [1.54, 1.807) is 7.11 Å². The number of aliphatic hydroxyl groups excluding tert-OH is 1. The van der Waals surface area contributed by atoms with E-state index < -0.39 is 0 Å². The Labute approximate surface area is 81.5 Å². The van der Waals surface area contributed by atoms with Crippen molar-refractivity contribution in [2.45, 2.75) is 32.7 Å². The first-order chi connectivity index (χ1) is 6.13. The summed E-state index contributed by atoms with van der Waals surface area (Å²) >= 11 is 0. The van der Waals surface area contributed by atoms with Gasteiger partial charge in [-0.05, 0) is 18.9 Å². The Hall–Kier alpha value is -0.120. The van der Waals surface area contributed by atoms with Crippen molar-refractivity contribution in [2.24, 2.45) is 5.92 Å². The zero-order chi connectivity index (χ0) is 10.3. The minimum absolute atomic E-state index is 0.0712. The highest BCUT2D eigenvalue weighted by Crippen LogP contribution is 2.21. The molecule has 0 rings (SSSR count). The number of aliphatic hydroxyl groups is 1. The van der Waals surface area contributed by atoms with E-state index in [1.807, 2.05) is 0 Å². The lowest BCUT2D eigenvalue weighted by Crippen LogP contribution is -2.53. The van der Waals surface area contributed by atoms with Gasteiger partial charge in [0.05, 0.1) is 6.61 Å². The van der Waals surface area contributed by atoms with Gasteiger partial charge in [0.15, 0.2) is 0 Å². The van der Waals surface area contributed by atoms with Gasteiger partial charge in [0, 0.05) is 19.3 Å². The summed E-state index contributed by atoms with van der Waals surface area (Å²) in [6.45, 7) is 8.13. The summed E-state index contributed by atoms with van der Waals surface area (Å²) in [6, 6.07) is 0. The third kappa shape index (κ3) is 3.63. The van der Waals surface area contributed by atoms with Crippen molar-refractivity contribution in [3.63, 3.8) is 0 Å². The third-order valence-electron chi connectivity index (χ3n) is 2.59. The molecule has 1 unspecified atom stereocenters. The summed E-state index contributed by atoms with van der Waals surface area (Å²) in [7, 11) is 1.70.